The maximum absolute atomic E-state index is 9.40. The molecule has 2 nitrogen and oxygen atoms in total. The zero-order chi connectivity index (χ0) is 21.1. The van der Waals surface area contributed by atoms with E-state index >= 15 is 0 Å². The third-order valence-corrected chi connectivity index (χ3v) is 8.07. The molecular weight excluding hydrogens is 354 g/mol. The quantitative estimate of drug-likeness (QED) is 0.399. The van der Waals surface area contributed by atoms with Crippen LogP contribution in [-0.2, 0) is 0 Å². The number of allylic oxidation sites excluding steroid dienone is 3. The average molecular weight is 394 g/mol. The van der Waals surface area contributed by atoms with Crippen LogP contribution in [0.1, 0.15) is 77.7 Å². The van der Waals surface area contributed by atoms with E-state index in [1.165, 1.54) is 67.0 Å². The highest BCUT2D eigenvalue weighted by molar-refractivity contribution is 5.82. The lowest BCUT2D eigenvalue weighted by Gasteiger charge is -2.59. The summed E-state index contributed by atoms with van der Waals surface area (Å²) in [5.74, 6) is 1.11. The van der Waals surface area contributed by atoms with Crippen molar-refractivity contribution < 1.29 is 5.11 Å². The molecule has 2 aliphatic rings. The van der Waals surface area contributed by atoms with Gasteiger partial charge in [-0.25, -0.2) is 0 Å². The summed E-state index contributed by atoms with van der Waals surface area (Å²) in [6.07, 6.45) is 14.3. The van der Waals surface area contributed by atoms with Crippen LogP contribution in [0.25, 0.3) is 10.9 Å². The van der Waals surface area contributed by atoms with E-state index in [0.29, 0.717) is 22.5 Å². The van der Waals surface area contributed by atoms with Crippen molar-refractivity contribution in [3.05, 3.63) is 60.0 Å². The number of rotatable bonds is 3. The molecule has 2 heteroatoms. The summed E-state index contributed by atoms with van der Waals surface area (Å²) in [5, 5.41) is 10.7. The monoisotopic (exact) mass is 393 g/mol. The summed E-state index contributed by atoms with van der Waals surface area (Å²) in [6.45, 7) is 13.2. The molecule has 3 atom stereocenters. The van der Waals surface area contributed by atoms with E-state index in [4.69, 9.17) is 0 Å². The number of aryl methyl sites for hydroxylation is 1. The van der Waals surface area contributed by atoms with Gasteiger partial charge in [-0.2, -0.15) is 0 Å². The number of aromatic amines is 1. The third kappa shape index (κ3) is 4.32. The Morgan fingerprint density at radius 3 is 2.69 bits per heavy atom. The van der Waals surface area contributed by atoms with Gasteiger partial charge in [0, 0.05) is 17.1 Å². The highest BCUT2D eigenvalue weighted by atomic mass is 16.3. The molecule has 1 aromatic carbocycles. The Bertz CT molecular complexity index is 872. The maximum Gasteiger partial charge on any atom is 0.0851 e. The predicted molar refractivity (Wildman–Crippen MR) is 125 cm³/mol. The fourth-order valence-corrected chi connectivity index (χ4v) is 6.06. The van der Waals surface area contributed by atoms with E-state index in [2.05, 4.69) is 50.5 Å². The summed E-state index contributed by atoms with van der Waals surface area (Å²) in [4.78, 5) is 3.19. The van der Waals surface area contributed by atoms with Crippen molar-refractivity contribution in [1.29, 1.82) is 0 Å². The number of aromatic nitrogens is 1. The van der Waals surface area contributed by atoms with Gasteiger partial charge in [0.1, 0.15) is 0 Å². The predicted octanol–water partition coefficient (Wildman–Crippen LogP) is 8.26. The van der Waals surface area contributed by atoms with Crippen LogP contribution in [0.15, 0.2) is 54.4 Å². The molecule has 2 aliphatic carbocycles. The number of benzene rings is 1. The normalized spacial score (nSPS) is 29.9. The summed E-state index contributed by atoms with van der Waals surface area (Å²) in [6, 6.07) is 8.31. The van der Waals surface area contributed by atoms with Gasteiger partial charge in [0.25, 0.3) is 0 Å². The zero-order valence-electron chi connectivity index (χ0n) is 18.9. The average Bonchev–Trinajstić information content (AvgIpc) is 3.08. The van der Waals surface area contributed by atoms with E-state index in [0.717, 1.165) is 6.42 Å². The van der Waals surface area contributed by atoms with Gasteiger partial charge in [0.05, 0.1) is 5.76 Å². The fourth-order valence-electron chi connectivity index (χ4n) is 6.06. The van der Waals surface area contributed by atoms with Crippen molar-refractivity contribution >= 4 is 10.9 Å². The minimum Gasteiger partial charge on any atom is -0.513 e. The summed E-state index contributed by atoms with van der Waals surface area (Å²) >= 11 is 0. The topological polar surface area (TPSA) is 36.0 Å². The number of nitrogens with one attached hydrogen (secondary N) is 1. The number of H-pyrrole nitrogens is 1. The Labute approximate surface area is 177 Å². The SMILES string of the molecule is C=C1CC[C@@]2(C)CCCC[C@@]2(CC/C=C(/C)O)C1C.Cc1c[nH]c2ccccc12. The number of fused-ring (bicyclic) bond motifs is 2. The number of aliphatic hydroxyl groups excluding tert-OH is 1. The molecule has 29 heavy (non-hydrogen) atoms. The fraction of sp³-hybridized carbons (Fsp3) is 0.556. The van der Waals surface area contributed by atoms with Gasteiger partial charge in [0.15, 0.2) is 0 Å². The molecule has 0 bridgehead atoms. The van der Waals surface area contributed by atoms with Crippen molar-refractivity contribution in [1.82, 2.24) is 4.98 Å². The Hall–Kier alpha value is -1.96. The molecule has 0 amide bonds. The van der Waals surface area contributed by atoms with Gasteiger partial charge >= 0.3 is 0 Å². The molecule has 0 saturated heterocycles. The van der Waals surface area contributed by atoms with Crippen molar-refractivity contribution in [3.63, 3.8) is 0 Å². The first kappa shape index (κ1) is 21.7. The maximum atomic E-state index is 9.40. The van der Waals surface area contributed by atoms with Gasteiger partial charge in [-0.1, -0.05) is 57.0 Å². The van der Waals surface area contributed by atoms with E-state index in [1.807, 2.05) is 18.3 Å². The standard InChI is InChI=1S/C18H30O.C9H9N/c1-14-9-13-17(4)10-5-6-11-18(17,16(14)3)12-7-8-15(2)19;1-7-6-10-9-5-3-2-4-8(7)9/h8,16,19H,1,5-7,9-13H2,2-4H3;2-6,10H,1H3/b15-8-;/t16?,17-,18-;/m1./s1. The van der Waals surface area contributed by atoms with Gasteiger partial charge in [-0.3, -0.25) is 0 Å². The van der Waals surface area contributed by atoms with Crippen LogP contribution in [-0.4, -0.2) is 10.1 Å². The summed E-state index contributed by atoms with van der Waals surface area (Å²) < 4.78 is 0. The van der Waals surface area contributed by atoms with Crippen LogP contribution in [0.5, 0.6) is 0 Å². The van der Waals surface area contributed by atoms with E-state index < -0.39 is 0 Å². The van der Waals surface area contributed by atoms with Crippen molar-refractivity contribution in [3.8, 4) is 0 Å². The molecule has 2 N–H and O–H groups in total. The molecule has 1 heterocycles. The van der Waals surface area contributed by atoms with Crippen LogP contribution in [0.3, 0.4) is 0 Å². The highest BCUT2D eigenvalue weighted by Gasteiger charge is 2.54. The molecule has 1 unspecified atom stereocenters. The molecule has 2 saturated carbocycles. The molecule has 2 fully saturated rings. The lowest BCUT2D eigenvalue weighted by atomic mass is 9.45. The molecule has 0 aliphatic heterocycles. The molecule has 158 valence electrons. The Balaban J connectivity index is 0.000000200. The third-order valence-electron chi connectivity index (χ3n) is 8.07. The molecule has 1 aromatic heterocycles. The second-order valence-electron chi connectivity index (χ2n) is 9.71. The van der Waals surface area contributed by atoms with Crippen LogP contribution in [0, 0.1) is 23.7 Å². The van der Waals surface area contributed by atoms with Gasteiger partial charge in [-0.05, 0) is 86.8 Å². The van der Waals surface area contributed by atoms with Crippen LogP contribution < -0.4 is 0 Å². The highest BCUT2D eigenvalue weighted by Crippen LogP contribution is 2.64. The second-order valence-corrected chi connectivity index (χ2v) is 9.71. The van der Waals surface area contributed by atoms with E-state index in [-0.39, 0.29) is 0 Å². The lowest BCUT2D eigenvalue weighted by molar-refractivity contribution is -0.0660. The van der Waals surface area contributed by atoms with Gasteiger partial charge in [0.2, 0.25) is 0 Å². The van der Waals surface area contributed by atoms with E-state index in [9.17, 15) is 5.11 Å². The number of aliphatic hydroxyl groups is 1. The van der Waals surface area contributed by atoms with Crippen LogP contribution in [0.4, 0.5) is 0 Å². The van der Waals surface area contributed by atoms with Crippen molar-refractivity contribution in [2.45, 2.75) is 79.1 Å². The number of hydrogen-bond acceptors (Lipinski definition) is 1. The first-order chi connectivity index (χ1) is 13.8. The second kappa shape index (κ2) is 8.81. The number of hydrogen-bond donors (Lipinski definition) is 2. The minimum absolute atomic E-state index is 0.423. The van der Waals surface area contributed by atoms with Gasteiger partial charge < -0.3 is 10.1 Å². The molecular formula is C27H39NO. The smallest absolute Gasteiger partial charge is 0.0851 e. The van der Waals surface area contributed by atoms with Crippen molar-refractivity contribution in [2.75, 3.05) is 0 Å². The summed E-state index contributed by atoms with van der Waals surface area (Å²) in [7, 11) is 0. The Morgan fingerprint density at radius 1 is 1.24 bits per heavy atom. The molecule has 0 radical (unpaired) electrons. The molecule has 2 aromatic rings. The van der Waals surface area contributed by atoms with Crippen molar-refractivity contribution in [2.24, 2.45) is 16.7 Å². The van der Waals surface area contributed by atoms with Crippen LogP contribution in [0.2, 0.25) is 0 Å². The van der Waals surface area contributed by atoms with Gasteiger partial charge in [-0.15, -0.1) is 0 Å². The van der Waals surface area contributed by atoms with Crippen LogP contribution >= 0.6 is 0 Å². The Morgan fingerprint density at radius 2 is 1.97 bits per heavy atom. The number of para-hydroxylation sites is 1. The molecule has 4 rings (SSSR count). The zero-order valence-corrected chi connectivity index (χ0v) is 18.9. The Kier molecular flexibility index (Phi) is 6.61. The minimum atomic E-state index is 0.423. The largest absolute Gasteiger partial charge is 0.513 e. The lowest BCUT2D eigenvalue weighted by Crippen LogP contribution is -2.50. The molecule has 0 spiro atoms. The first-order valence-corrected chi connectivity index (χ1v) is 11.4. The summed E-state index contributed by atoms with van der Waals surface area (Å²) in [5.41, 5.74) is 4.91. The first-order valence-electron chi connectivity index (χ1n) is 11.4. The van der Waals surface area contributed by atoms with E-state index in [1.54, 1.807) is 6.92 Å².